The summed E-state index contributed by atoms with van der Waals surface area (Å²) in [4.78, 5) is 10.6. The van der Waals surface area contributed by atoms with Crippen molar-refractivity contribution in [3.8, 4) is 0 Å². The molecule has 0 spiro atoms. The lowest BCUT2D eigenvalue weighted by atomic mass is 9.96. The second-order valence-electron chi connectivity index (χ2n) is 35.3. The minimum atomic E-state index is -1.36. The van der Waals surface area contributed by atoms with E-state index in [2.05, 4.69) is 18.6 Å². The third kappa shape index (κ3) is 33.6. The first-order chi connectivity index (χ1) is 65.3. The zero-order valence-electron chi connectivity index (χ0n) is 78.2. The third-order valence-electron chi connectivity index (χ3n) is 20.7. The average Bonchev–Trinajstić information content (AvgIpc) is 1.77. The summed E-state index contributed by atoms with van der Waals surface area (Å²) in [6.45, 7) is 23.0. The van der Waals surface area contributed by atoms with Gasteiger partial charge in [0, 0.05) is 47.4 Å². The van der Waals surface area contributed by atoms with Crippen LogP contribution in [0.2, 0.25) is 25.1 Å². The highest BCUT2D eigenvalue weighted by molar-refractivity contribution is 7.85. The Labute approximate surface area is 838 Å². The minimum Gasteiger partial charge on any atom is -0.468 e. The lowest BCUT2D eigenvalue weighted by Crippen LogP contribution is -2.39. The van der Waals surface area contributed by atoms with E-state index in [0.717, 1.165) is 61.5 Å². The summed E-state index contributed by atoms with van der Waals surface area (Å²) < 4.78 is 95.0. The normalized spacial score (nSPS) is 14.7. The van der Waals surface area contributed by atoms with E-state index in [1.807, 2.05) is 332 Å². The Morgan fingerprint density at radius 2 is 0.518 bits per heavy atom. The van der Waals surface area contributed by atoms with Crippen molar-refractivity contribution in [2.24, 2.45) is 43.1 Å². The van der Waals surface area contributed by atoms with Crippen LogP contribution in [0.4, 0.5) is 0 Å². The monoisotopic (exact) mass is 2020 g/mol. The van der Waals surface area contributed by atoms with Gasteiger partial charge in [0.05, 0.1) is 155 Å². The largest absolute Gasteiger partial charge is 0.468 e. The average molecular weight is 2020 g/mol. The van der Waals surface area contributed by atoms with E-state index < -0.39 is 94.4 Å². The van der Waals surface area contributed by atoms with Gasteiger partial charge in [-0.15, -0.1) is 0 Å². The molecule has 6 heterocycles. The molecule has 6 aromatic heterocycles. The van der Waals surface area contributed by atoms with Crippen molar-refractivity contribution in [1.29, 1.82) is 0 Å². The van der Waals surface area contributed by atoms with Crippen molar-refractivity contribution >= 4 is 120 Å². The molecule has 13 N–H and O–H groups in total. The molecule has 15 aromatic rings. The number of benzene rings is 9. The molecule has 0 aliphatic carbocycles. The summed E-state index contributed by atoms with van der Waals surface area (Å²) in [5.41, 5.74) is 40.8. The van der Waals surface area contributed by atoms with Gasteiger partial charge in [-0.25, -0.2) is 31.0 Å². The fourth-order valence-corrected chi connectivity index (χ4v) is 16.7. The van der Waals surface area contributed by atoms with Crippen molar-refractivity contribution < 1.29 is 43.3 Å². The van der Waals surface area contributed by atoms with E-state index in [4.69, 9.17) is 123 Å². The number of hydrogen-bond acceptors (Lipinski definition) is 17. The maximum absolute atomic E-state index is 13.3. The number of hydrogen-bond donors (Lipinski definition) is 8. The summed E-state index contributed by atoms with van der Waals surface area (Å²) in [7, 11) is -5.20. The smallest absolute Gasteiger partial charge is 0.145 e. The molecule has 0 aliphatic rings. The number of nitrogens with zero attached hydrogens (tertiary/aromatic N) is 3. The van der Waals surface area contributed by atoms with Crippen LogP contribution < -0.4 is 42.8 Å². The van der Waals surface area contributed by atoms with Crippen LogP contribution in [-0.2, 0) is 43.9 Å². The molecule has 9 aromatic carbocycles. The molecule has 0 unspecified atom stereocenters. The van der Waals surface area contributed by atoms with Crippen LogP contribution in [0.25, 0.3) is 0 Å². The topological polar surface area (TPSA) is 350 Å². The molecule has 15 rings (SSSR count). The highest BCUT2D eigenvalue weighted by Gasteiger charge is 2.36. The van der Waals surface area contributed by atoms with E-state index in [1.165, 1.54) is 6.21 Å². The summed E-state index contributed by atoms with van der Waals surface area (Å²) in [6.07, 6.45) is 11.1. The summed E-state index contributed by atoms with van der Waals surface area (Å²) >= 11 is 30.0. The molecule has 14 atom stereocenters. The van der Waals surface area contributed by atoms with Gasteiger partial charge in [-0.1, -0.05) is 240 Å². The van der Waals surface area contributed by atoms with E-state index in [9.17, 15) is 16.8 Å². The summed E-state index contributed by atoms with van der Waals surface area (Å²) in [5, 5.41) is 3.30. The van der Waals surface area contributed by atoms with Gasteiger partial charge in [0.1, 0.15) is 57.6 Å². The molecular formula is C107H118Cl5N11O10S4. The molecule has 720 valence electrons. The lowest BCUT2D eigenvalue weighted by Gasteiger charge is -2.28. The Balaban J connectivity index is 0.000000177. The maximum Gasteiger partial charge on any atom is 0.145 e. The van der Waals surface area contributed by atoms with Gasteiger partial charge in [0.2, 0.25) is 0 Å². The number of halogens is 5. The molecule has 0 radical (unpaired) electrons. The Bertz CT molecular complexity index is 5840. The van der Waals surface area contributed by atoms with Gasteiger partial charge in [0.15, 0.2) is 0 Å². The maximum atomic E-state index is 13.3. The fraction of sp³-hybridized carbons (Fsp3) is 0.243. The third-order valence-corrected chi connectivity index (χ3v) is 28.0. The molecule has 0 aliphatic heterocycles. The first kappa shape index (κ1) is 108. The van der Waals surface area contributed by atoms with Crippen LogP contribution in [0.1, 0.15) is 228 Å². The van der Waals surface area contributed by atoms with Crippen LogP contribution in [0.5, 0.6) is 0 Å². The number of aliphatic imine (C=N–C) groups is 2. The van der Waals surface area contributed by atoms with E-state index in [1.54, 1.807) is 104 Å². The van der Waals surface area contributed by atoms with Crippen molar-refractivity contribution in [1.82, 2.24) is 14.2 Å². The molecule has 0 saturated heterocycles. The fourth-order valence-electron chi connectivity index (χ4n) is 13.0. The molecule has 30 heteroatoms. The van der Waals surface area contributed by atoms with Crippen molar-refractivity contribution in [3.05, 3.63) is 463 Å². The highest BCUT2D eigenvalue weighted by atomic mass is 35.5. The van der Waals surface area contributed by atoms with E-state index in [-0.39, 0.29) is 28.9 Å². The van der Waals surface area contributed by atoms with Crippen LogP contribution >= 0.6 is 58.0 Å². The zero-order chi connectivity index (χ0) is 99.0. The lowest BCUT2D eigenvalue weighted by molar-refractivity contribution is 0.407. The second kappa shape index (κ2) is 52.4. The van der Waals surface area contributed by atoms with Crippen LogP contribution in [0, 0.1) is 0 Å². The first-order valence-corrected chi connectivity index (χ1v) is 50.4. The van der Waals surface area contributed by atoms with Gasteiger partial charge in [-0.2, -0.15) is 4.40 Å². The Morgan fingerprint density at radius 1 is 0.277 bits per heavy atom. The van der Waals surface area contributed by atoms with Crippen molar-refractivity contribution in [2.45, 2.75) is 162 Å². The predicted octanol–water partition coefficient (Wildman–Crippen LogP) is 25.8. The number of nitrogens with two attached hydrogens (primary N) is 5. The predicted molar refractivity (Wildman–Crippen MR) is 563 cm³/mol. The first-order valence-electron chi connectivity index (χ1n) is 43.9. The highest BCUT2D eigenvalue weighted by Crippen LogP contribution is 2.40. The van der Waals surface area contributed by atoms with Crippen LogP contribution in [-0.4, -0.2) is 53.5 Å². The minimum absolute atomic E-state index is 0.302. The van der Waals surface area contributed by atoms with E-state index >= 15 is 0 Å². The Kier molecular flexibility index (Phi) is 41.5. The standard InChI is InChI=1S/2C29H29ClN2O2S.C16H21ClN2O2S.2C12H13ClN2O.C9H13NO2S/c2*1-29(2,3)35(33)32-28(25-15-10-20-34-25)27(23-16-18-24(30)19-17-23)31-26(21-11-6-4-7-12-21)22-13-8-5-9-14-22;1-16(2,3)22(20)19-15(13-5-4-10-21-13)14(18)11-6-8-12(17)9-7-11;2*13-9-5-3-8(4-6-9)11(14)12(15)10-2-1-7-16-10;1-9(2,3)13(11)10-7-8-5-4-6-12-8/h2*4-20,27-28,32H,1-3H3;4-10,14-15,19H,18H2,1-3H3;2*1-7,11-12H,14-15H2;4-7H,1-3H3/t2*27-,28+,35+;14-,15+,22+;2*11-,12+;13-/m000001/s1. The number of furan rings is 6. The number of rotatable bonds is 29. The molecule has 0 fully saturated rings. The van der Waals surface area contributed by atoms with Crippen molar-refractivity contribution in [2.75, 3.05) is 0 Å². The van der Waals surface area contributed by atoms with Gasteiger partial charge >= 0.3 is 0 Å². The quantitative estimate of drug-likeness (QED) is 0.0202. The van der Waals surface area contributed by atoms with Gasteiger partial charge in [0.25, 0.3) is 0 Å². The Hall–Kier alpha value is -10.6. The number of nitrogens with one attached hydrogen (secondary N) is 3. The van der Waals surface area contributed by atoms with E-state index in [0.29, 0.717) is 59.7 Å². The van der Waals surface area contributed by atoms with Crippen LogP contribution in [0.15, 0.2) is 394 Å². The zero-order valence-corrected chi connectivity index (χ0v) is 85.2. The molecule has 0 saturated carbocycles. The van der Waals surface area contributed by atoms with Gasteiger partial charge in [-0.3, -0.25) is 9.98 Å². The van der Waals surface area contributed by atoms with Crippen LogP contribution in [0.3, 0.4) is 0 Å². The molecule has 0 amide bonds. The molecule has 21 nitrogen and oxygen atoms in total. The second-order valence-corrected chi connectivity index (χ2v) is 45.4. The summed E-state index contributed by atoms with van der Waals surface area (Å²) in [5.74, 6) is 3.96. The van der Waals surface area contributed by atoms with Crippen molar-refractivity contribution in [3.63, 3.8) is 0 Å². The SMILES string of the molecule is CC(C)(C)[S@@](=O)N=Cc1ccco1.CC(C)(C)[S@@](=O)N[C@H](c1ccco1)[C@@H](N)c1ccc(Cl)cc1.CC(C)(C)[S@@](=O)N[C@H](c1ccco1)[C@@H](N=C(c1ccccc1)c1ccccc1)c1ccc(Cl)cc1.CC(C)(C)[S@@](=O)N[C@H](c1ccco1)[C@@H](N=C(c1ccccc1)c1ccccc1)c1ccc(Cl)cc1.N[C@H](c1ccco1)[C@@H](N)c1ccc(Cl)cc1.N[C@H](c1ccco1)[C@@H](N)c1ccc(Cl)cc1. The molecular weight excluding hydrogens is 1900 g/mol. The Morgan fingerprint density at radius 3 is 0.766 bits per heavy atom. The summed E-state index contributed by atoms with van der Waals surface area (Å²) in [6, 6.07) is 95.5. The molecule has 0 bridgehead atoms. The molecule has 137 heavy (non-hydrogen) atoms. The van der Waals surface area contributed by atoms with Gasteiger partial charge in [-0.05, 0) is 244 Å². The van der Waals surface area contributed by atoms with Gasteiger partial charge < -0.3 is 55.2 Å².